The lowest BCUT2D eigenvalue weighted by Crippen LogP contribution is -2.53. The van der Waals surface area contributed by atoms with E-state index in [1.165, 1.54) is 37.1 Å². The molecule has 0 bridgehead atoms. The highest BCUT2D eigenvalue weighted by Crippen LogP contribution is 2.49. The van der Waals surface area contributed by atoms with Crippen molar-refractivity contribution in [3.05, 3.63) is 60.2 Å². The van der Waals surface area contributed by atoms with E-state index in [0.29, 0.717) is 5.91 Å². The number of carbonyl (C=O) groups is 1. The molecule has 5 heterocycles. The molecule has 5 rings (SSSR count). The van der Waals surface area contributed by atoms with Gasteiger partial charge >= 0.3 is 0 Å². The van der Waals surface area contributed by atoms with Crippen molar-refractivity contribution in [3.63, 3.8) is 0 Å². The van der Waals surface area contributed by atoms with Crippen LogP contribution in [0.4, 0.5) is 0 Å². The summed E-state index contributed by atoms with van der Waals surface area (Å²) >= 11 is 0. The molecule has 3 saturated heterocycles. The molecule has 164 valence electrons. The van der Waals surface area contributed by atoms with Crippen LogP contribution in [0.15, 0.2) is 49.1 Å². The molecule has 6 nitrogen and oxygen atoms in total. The van der Waals surface area contributed by atoms with E-state index in [9.17, 15) is 4.79 Å². The number of nitrogens with zero attached hydrogens (tertiary/aromatic N) is 5. The zero-order valence-corrected chi connectivity index (χ0v) is 18.3. The Morgan fingerprint density at radius 3 is 2.55 bits per heavy atom. The molecule has 2 atom stereocenters. The molecular weight excluding hydrogens is 386 g/mol. The van der Waals surface area contributed by atoms with Gasteiger partial charge in [-0.15, -0.1) is 0 Å². The number of carbonyl (C=O) groups excluding carboxylic acids is 1. The van der Waals surface area contributed by atoms with Crippen molar-refractivity contribution < 1.29 is 4.79 Å². The lowest BCUT2D eigenvalue weighted by atomic mass is 9.69. The molecule has 0 saturated carbocycles. The van der Waals surface area contributed by atoms with Gasteiger partial charge in [0, 0.05) is 70.0 Å². The highest BCUT2D eigenvalue weighted by Gasteiger charge is 2.55. The van der Waals surface area contributed by atoms with Crippen molar-refractivity contribution in [2.45, 2.75) is 38.1 Å². The van der Waals surface area contributed by atoms with Gasteiger partial charge in [-0.2, -0.15) is 0 Å². The summed E-state index contributed by atoms with van der Waals surface area (Å²) in [4.78, 5) is 29.7. The maximum Gasteiger partial charge on any atom is 0.230 e. The summed E-state index contributed by atoms with van der Waals surface area (Å²) in [5, 5.41) is 0. The fraction of sp³-hybridized carbons (Fsp3) is 0.560. The minimum absolute atomic E-state index is 0.199. The third-order valence-electron chi connectivity index (χ3n) is 7.50. The largest absolute Gasteiger partial charge is 0.341 e. The SMILES string of the molecule is O=C1N(CCN2CCCC2)CCC[C@]12CN(Cc1ccncc1)C[C@H]2c1cccnc1. The van der Waals surface area contributed by atoms with Gasteiger partial charge in [-0.3, -0.25) is 19.7 Å². The second-order valence-electron chi connectivity index (χ2n) is 9.46. The predicted octanol–water partition coefficient (Wildman–Crippen LogP) is 2.78. The molecular formula is C25H33N5O. The highest BCUT2D eigenvalue weighted by molar-refractivity contribution is 5.85. The Kier molecular flexibility index (Phi) is 6.01. The third-order valence-corrected chi connectivity index (χ3v) is 7.50. The molecule has 2 aromatic rings. The maximum absolute atomic E-state index is 14.0. The van der Waals surface area contributed by atoms with Crippen LogP contribution in [0.25, 0.3) is 0 Å². The zero-order valence-electron chi connectivity index (χ0n) is 18.3. The van der Waals surface area contributed by atoms with Crippen LogP contribution < -0.4 is 0 Å². The normalized spacial score (nSPS) is 27.4. The summed E-state index contributed by atoms with van der Waals surface area (Å²) in [7, 11) is 0. The molecule has 0 radical (unpaired) electrons. The molecule has 1 amide bonds. The number of hydrogen-bond donors (Lipinski definition) is 0. The van der Waals surface area contributed by atoms with E-state index in [4.69, 9.17) is 0 Å². The first-order chi connectivity index (χ1) is 15.2. The molecule has 1 spiro atoms. The fourth-order valence-corrected chi connectivity index (χ4v) is 5.94. The van der Waals surface area contributed by atoms with Crippen LogP contribution in [0.2, 0.25) is 0 Å². The molecule has 2 aromatic heterocycles. The molecule has 0 N–H and O–H groups in total. The minimum Gasteiger partial charge on any atom is -0.341 e. The Hall–Kier alpha value is -2.31. The summed E-state index contributed by atoms with van der Waals surface area (Å²) in [5.41, 5.74) is 2.12. The first-order valence-electron chi connectivity index (χ1n) is 11.8. The lowest BCUT2D eigenvalue weighted by Gasteiger charge is -2.43. The van der Waals surface area contributed by atoms with Gasteiger partial charge in [-0.1, -0.05) is 6.07 Å². The van der Waals surface area contributed by atoms with Crippen LogP contribution in [-0.4, -0.2) is 76.4 Å². The number of aromatic nitrogens is 2. The van der Waals surface area contributed by atoms with Crippen molar-refractivity contribution in [2.75, 3.05) is 45.8 Å². The number of rotatable bonds is 6. The summed E-state index contributed by atoms with van der Waals surface area (Å²) in [6, 6.07) is 8.32. The van der Waals surface area contributed by atoms with E-state index in [1.807, 2.05) is 30.9 Å². The number of amides is 1. The topological polar surface area (TPSA) is 52.6 Å². The number of pyridine rings is 2. The van der Waals surface area contributed by atoms with Gasteiger partial charge in [0.15, 0.2) is 0 Å². The van der Waals surface area contributed by atoms with Crippen LogP contribution in [0, 0.1) is 5.41 Å². The molecule has 6 heteroatoms. The van der Waals surface area contributed by atoms with Gasteiger partial charge < -0.3 is 9.80 Å². The standard InChI is InChI=1S/C25H33N5O/c31-24-25(8-4-14-30(24)16-15-28-12-1-2-13-28)20-29(18-21-6-10-26-11-7-21)19-23(25)22-5-3-9-27-17-22/h3,5-7,9-11,17,23H,1-2,4,8,12-16,18-20H2/t23-,25+/m0/s1. The van der Waals surface area contributed by atoms with Crippen molar-refractivity contribution in [1.82, 2.24) is 24.7 Å². The second kappa shape index (κ2) is 9.05. The molecule has 31 heavy (non-hydrogen) atoms. The van der Waals surface area contributed by atoms with E-state index >= 15 is 0 Å². The Morgan fingerprint density at radius 1 is 0.935 bits per heavy atom. The van der Waals surface area contributed by atoms with E-state index in [1.54, 1.807) is 0 Å². The average Bonchev–Trinajstić information content (AvgIpc) is 3.45. The first kappa shape index (κ1) is 20.6. The maximum atomic E-state index is 14.0. The van der Waals surface area contributed by atoms with Crippen LogP contribution in [0.3, 0.4) is 0 Å². The van der Waals surface area contributed by atoms with E-state index in [0.717, 1.165) is 52.1 Å². The molecule has 3 aliphatic rings. The third kappa shape index (κ3) is 4.23. The Balaban J connectivity index is 1.38. The van der Waals surface area contributed by atoms with Crippen LogP contribution in [0.1, 0.15) is 42.7 Å². The van der Waals surface area contributed by atoms with E-state index in [2.05, 4.69) is 42.9 Å². The quantitative estimate of drug-likeness (QED) is 0.721. The molecule has 3 aliphatic heterocycles. The number of likely N-dealkylation sites (tertiary alicyclic amines) is 3. The summed E-state index contributed by atoms with van der Waals surface area (Å²) in [5.74, 6) is 0.564. The summed E-state index contributed by atoms with van der Waals surface area (Å²) < 4.78 is 0. The average molecular weight is 420 g/mol. The Morgan fingerprint density at radius 2 is 1.77 bits per heavy atom. The Bertz CT molecular complexity index is 870. The monoisotopic (exact) mass is 419 g/mol. The van der Waals surface area contributed by atoms with Gasteiger partial charge in [0.1, 0.15) is 0 Å². The second-order valence-corrected chi connectivity index (χ2v) is 9.46. The van der Waals surface area contributed by atoms with Crippen molar-refractivity contribution in [1.29, 1.82) is 0 Å². The smallest absolute Gasteiger partial charge is 0.230 e. The van der Waals surface area contributed by atoms with Crippen molar-refractivity contribution in [2.24, 2.45) is 5.41 Å². The van der Waals surface area contributed by atoms with Gasteiger partial charge in [0.25, 0.3) is 0 Å². The van der Waals surface area contributed by atoms with E-state index < -0.39 is 0 Å². The zero-order chi connectivity index (χ0) is 21.1. The van der Waals surface area contributed by atoms with Crippen molar-refractivity contribution >= 4 is 5.91 Å². The molecule has 0 aliphatic carbocycles. The number of hydrogen-bond acceptors (Lipinski definition) is 5. The first-order valence-corrected chi connectivity index (χ1v) is 11.8. The highest BCUT2D eigenvalue weighted by atomic mass is 16.2. The van der Waals surface area contributed by atoms with Crippen LogP contribution >= 0.6 is 0 Å². The lowest BCUT2D eigenvalue weighted by molar-refractivity contribution is -0.146. The van der Waals surface area contributed by atoms with Gasteiger partial charge in [-0.05, 0) is 68.1 Å². The Labute approximate surface area is 185 Å². The van der Waals surface area contributed by atoms with Crippen molar-refractivity contribution in [3.8, 4) is 0 Å². The van der Waals surface area contributed by atoms with Gasteiger partial charge in [0.05, 0.1) is 5.41 Å². The van der Waals surface area contributed by atoms with Gasteiger partial charge in [-0.25, -0.2) is 0 Å². The predicted molar refractivity (Wildman–Crippen MR) is 120 cm³/mol. The fourth-order valence-electron chi connectivity index (χ4n) is 5.94. The number of piperidine rings is 1. The minimum atomic E-state index is -0.334. The summed E-state index contributed by atoms with van der Waals surface area (Å²) in [6.07, 6.45) is 12.2. The molecule has 0 aromatic carbocycles. The van der Waals surface area contributed by atoms with Gasteiger partial charge in [0.2, 0.25) is 5.91 Å². The summed E-state index contributed by atoms with van der Waals surface area (Å²) in [6.45, 7) is 7.75. The van der Waals surface area contributed by atoms with Crippen LogP contribution in [0.5, 0.6) is 0 Å². The van der Waals surface area contributed by atoms with E-state index in [-0.39, 0.29) is 11.3 Å². The molecule has 3 fully saturated rings. The van der Waals surface area contributed by atoms with Crippen LogP contribution in [-0.2, 0) is 11.3 Å². The molecule has 0 unspecified atom stereocenters.